The van der Waals surface area contributed by atoms with E-state index in [0.717, 1.165) is 11.3 Å². The number of carbonyl (C=O) groups is 1. The Morgan fingerprint density at radius 2 is 2.07 bits per heavy atom. The second-order valence-electron chi connectivity index (χ2n) is 7.56. The molecule has 8 heteroatoms. The van der Waals surface area contributed by atoms with Crippen molar-refractivity contribution in [1.82, 2.24) is 20.2 Å². The van der Waals surface area contributed by atoms with Gasteiger partial charge < -0.3 is 5.32 Å². The van der Waals surface area contributed by atoms with Crippen molar-refractivity contribution in [2.45, 2.75) is 24.8 Å². The number of nitrogens with zero attached hydrogens (tertiary/aromatic N) is 3. The Balaban J connectivity index is 1.45. The van der Waals surface area contributed by atoms with Gasteiger partial charge in [0, 0.05) is 56.6 Å². The monoisotopic (exact) mass is 400 g/mol. The van der Waals surface area contributed by atoms with E-state index >= 15 is 0 Å². The molecule has 1 amide bonds. The molecule has 2 saturated heterocycles. The van der Waals surface area contributed by atoms with Gasteiger partial charge in [-0.3, -0.25) is 19.7 Å². The second kappa shape index (κ2) is 7.97. The highest BCUT2D eigenvalue weighted by atomic mass is 32.2. The first-order valence-corrected chi connectivity index (χ1v) is 11.2. The first-order valence-electron chi connectivity index (χ1n) is 9.53. The molecular formula is C20H24N4O3S. The maximum absolute atomic E-state index is 12.8. The average Bonchev–Trinajstić information content (AvgIpc) is 3.13. The van der Waals surface area contributed by atoms with Gasteiger partial charge in [0.1, 0.15) is 0 Å². The molecule has 2 aliphatic rings. The largest absolute Gasteiger partial charge is 0.352 e. The van der Waals surface area contributed by atoms with Gasteiger partial charge in [0.15, 0.2) is 9.84 Å². The maximum atomic E-state index is 12.8. The zero-order valence-electron chi connectivity index (χ0n) is 15.6. The van der Waals surface area contributed by atoms with Crippen molar-refractivity contribution in [3.63, 3.8) is 0 Å². The molecule has 28 heavy (non-hydrogen) atoms. The van der Waals surface area contributed by atoms with Gasteiger partial charge in [-0.1, -0.05) is 12.1 Å². The first-order chi connectivity index (χ1) is 13.5. The van der Waals surface area contributed by atoms with Gasteiger partial charge in [-0.05, 0) is 30.2 Å². The fraction of sp³-hybridized carbons (Fsp3) is 0.450. The van der Waals surface area contributed by atoms with E-state index in [2.05, 4.69) is 20.2 Å². The van der Waals surface area contributed by atoms with E-state index in [1.54, 1.807) is 18.6 Å². The molecule has 3 atom stereocenters. The van der Waals surface area contributed by atoms with E-state index in [1.165, 1.54) is 0 Å². The highest BCUT2D eigenvalue weighted by Gasteiger charge is 2.50. The van der Waals surface area contributed by atoms with Gasteiger partial charge in [0.05, 0.1) is 16.7 Å². The van der Waals surface area contributed by atoms with Crippen LogP contribution < -0.4 is 5.32 Å². The minimum Gasteiger partial charge on any atom is -0.352 e. The third-order valence-electron chi connectivity index (χ3n) is 5.71. The zero-order chi connectivity index (χ0) is 19.6. The summed E-state index contributed by atoms with van der Waals surface area (Å²) in [5, 5.41) is 2.50. The van der Waals surface area contributed by atoms with Crippen molar-refractivity contribution in [2.75, 3.05) is 18.8 Å². The third kappa shape index (κ3) is 4.07. The lowest BCUT2D eigenvalue weighted by Gasteiger charge is -2.31. The molecule has 0 radical (unpaired) electrons. The van der Waals surface area contributed by atoms with Gasteiger partial charge in [-0.25, -0.2) is 8.42 Å². The first kappa shape index (κ1) is 19.0. The minimum atomic E-state index is -3.17. The van der Waals surface area contributed by atoms with Crippen LogP contribution in [-0.4, -0.2) is 53.3 Å². The normalized spacial score (nSPS) is 26.5. The van der Waals surface area contributed by atoms with Crippen LogP contribution in [0.1, 0.15) is 17.7 Å². The number of rotatable bonds is 5. The summed E-state index contributed by atoms with van der Waals surface area (Å²) < 4.78 is 25.3. The minimum absolute atomic E-state index is 0.0616. The van der Waals surface area contributed by atoms with Crippen molar-refractivity contribution in [2.24, 2.45) is 11.8 Å². The number of hydrogen-bond acceptors (Lipinski definition) is 6. The van der Waals surface area contributed by atoms with E-state index in [9.17, 15) is 13.2 Å². The standard InChI is InChI=1S/C20H24N4O3S/c25-20(23-11-15-4-3-7-21-10-15)17-6-9-28(26,27)19-14-24(13-18(17)19)12-16-5-1-2-8-22-16/h1-5,7-8,10,17-19H,6,9,11-14H2,(H,23,25)/t17-,18-,19-/m1/s1. The van der Waals surface area contributed by atoms with Crippen molar-refractivity contribution in [3.05, 3.63) is 60.2 Å². The molecule has 0 spiro atoms. The molecular weight excluding hydrogens is 376 g/mol. The van der Waals surface area contributed by atoms with Crippen molar-refractivity contribution < 1.29 is 13.2 Å². The summed E-state index contributed by atoms with van der Waals surface area (Å²) in [5.74, 6) is -0.431. The number of nitrogens with one attached hydrogen (secondary N) is 1. The quantitative estimate of drug-likeness (QED) is 0.806. The fourth-order valence-electron chi connectivity index (χ4n) is 4.30. The molecule has 4 rings (SSSR count). The molecule has 0 aromatic carbocycles. The van der Waals surface area contributed by atoms with Gasteiger partial charge >= 0.3 is 0 Å². The van der Waals surface area contributed by atoms with Gasteiger partial charge in [0.25, 0.3) is 0 Å². The SMILES string of the molecule is O=C(NCc1cccnc1)[C@@H]1CCS(=O)(=O)[C@@H]2CN(Cc3ccccn3)C[C@@H]21. The molecule has 4 heterocycles. The lowest BCUT2D eigenvalue weighted by atomic mass is 9.87. The summed E-state index contributed by atoms with van der Waals surface area (Å²) in [5.41, 5.74) is 1.84. The molecule has 148 valence electrons. The Kier molecular flexibility index (Phi) is 5.41. The third-order valence-corrected chi connectivity index (χ3v) is 7.94. The van der Waals surface area contributed by atoms with Gasteiger partial charge in [-0.2, -0.15) is 0 Å². The summed E-state index contributed by atoms with van der Waals surface area (Å²) in [4.78, 5) is 23.3. The number of hydrogen-bond donors (Lipinski definition) is 1. The number of fused-ring (bicyclic) bond motifs is 1. The predicted octanol–water partition coefficient (Wildman–Crippen LogP) is 1.03. The second-order valence-corrected chi connectivity index (χ2v) is 9.90. The van der Waals surface area contributed by atoms with Gasteiger partial charge in [-0.15, -0.1) is 0 Å². The van der Waals surface area contributed by atoms with E-state index < -0.39 is 15.1 Å². The Morgan fingerprint density at radius 1 is 1.18 bits per heavy atom. The molecule has 2 aliphatic heterocycles. The summed E-state index contributed by atoms with van der Waals surface area (Å²) >= 11 is 0. The molecule has 0 bridgehead atoms. The molecule has 0 unspecified atom stereocenters. The fourth-order valence-corrected chi connectivity index (χ4v) is 6.43. The Hall–Kier alpha value is -2.32. The average molecular weight is 401 g/mol. The zero-order valence-corrected chi connectivity index (χ0v) is 16.4. The number of aromatic nitrogens is 2. The van der Waals surface area contributed by atoms with Crippen LogP contribution in [0.5, 0.6) is 0 Å². The van der Waals surface area contributed by atoms with Crippen LogP contribution in [-0.2, 0) is 27.7 Å². The molecule has 2 fully saturated rings. The van der Waals surface area contributed by atoms with Crippen LogP contribution in [0.3, 0.4) is 0 Å². The Labute approximate surface area is 165 Å². The molecule has 0 aliphatic carbocycles. The van der Waals surface area contributed by atoms with Crippen LogP contribution in [0.2, 0.25) is 0 Å². The summed E-state index contributed by atoms with van der Waals surface area (Å²) in [6.45, 7) is 2.08. The molecule has 2 aromatic rings. The maximum Gasteiger partial charge on any atom is 0.223 e. The smallest absolute Gasteiger partial charge is 0.223 e. The van der Waals surface area contributed by atoms with Crippen LogP contribution >= 0.6 is 0 Å². The molecule has 0 saturated carbocycles. The van der Waals surface area contributed by atoms with E-state index in [-0.39, 0.29) is 23.5 Å². The highest BCUT2D eigenvalue weighted by molar-refractivity contribution is 7.92. The van der Waals surface area contributed by atoms with E-state index in [0.29, 0.717) is 32.6 Å². The van der Waals surface area contributed by atoms with E-state index in [4.69, 9.17) is 0 Å². The van der Waals surface area contributed by atoms with Gasteiger partial charge in [0.2, 0.25) is 5.91 Å². The number of amides is 1. The van der Waals surface area contributed by atoms with Crippen molar-refractivity contribution in [1.29, 1.82) is 0 Å². The Bertz CT molecular complexity index is 921. The number of carbonyl (C=O) groups excluding carboxylic acids is 1. The van der Waals surface area contributed by atoms with E-state index in [1.807, 2.05) is 30.3 Å². The van der Waals surface area contributed by atoms with Crippen LogP contribution in [0.15, 0.2) is 48.9 Å². The topological polar surface area (TPSA) is 92.3 Å². The summed E-state index contributed by atoms with van der Waals surface area (Å²) in [6, 6.07) is 9.47. The summed E-state index contributed by atoms with van der Waals surface area (Å²) in [7, 11) is -3.17. The lowest BCUT2D eigenvalue weighted by Crippen LogP contribution is -2.47. The molecule has 2 aromatic heterocycles. The van der Waals surface area contributed by atoms with Crippen molar-refractivity contribution in [3.8, 4) is 0 Å². The summed E-state index contributed by atoms with van der Waals surface area (Å²) in [6.07, 6.45) is 5.54. The number of pyridine rings is 2. The Morgan fingerprint density at radius 3 is 2.82 bits per heavy atom. The van der Waals surface area contributed by atoms with Crippen molar-refractivity contribution >= 4 is 15.7 Å². The van der Waals surface area contributed by atoms with Crippen LogP contribution in [0.25, 0.3) is 0 Å². The van der Waals surface area contributed by atoms with Crippen LogP contribution in [0, 0.1) is 11.8 Å². The highest BCUT2D eigenvalue weighted by Crippen LogP contribution is 2.37. The lowest BCUT2D eigenvalue weighted by molar-refractivity contribution is -0.126. The number of likely N-dealkylation sites (tertiary alicyclic amines) is 1. The van der Waals surface area contributed by atoms with Crippen LogP contribution in [0.4, 0.5) is 0 Å². The molecule has 7 nitrogen and oxygen atoms in total. The molecule has 1 N–H and O–H groups in total. The predicted molar refractivity (Wildman–Crippen MR) is 105 cm³/mol. The number of sulfone groups is 1.